The van der Waals surface area contributed by atoms with E-state index in [0.29, 0.717) is 18.8 Å². The van der Waals surface area contributed by atoms with Crippen molar-refractivity contribution in [3.05, 3.63) is 0 Å². The summed E-state index contributed by atoms with van der Waals surface area (Å²) in [7, 11) is -1.05. The molecule has 0 aromatic heterocycles. The highest BCUT2D eigenvalue weighted by Crippen LogP contribution is 2.22. The van der Waals surface area contributed by atoms with Gasteiger partial charge in [-0.1, -0.05) is 0 Å². The molecule has 0 spiro atoms. The van der Waals surface area contributed by atoms with Gasteiger partial charge in [-0.05, 0) is 12.3 Å². The number of carbonyl (C=O) groups is 2. The van der Waals surface area contributed by atoms with Crippen LogP contribution in [0.15, 0.2) is 0 Å². The number of alkyl halides is 1. The molecule has 17 heavy (non-hydrogen) atoms. The summed E-state index contributed by atoms with van der Waals surface area (Å²) in [4.78, 5) is 24.1. The van der Waals surface area contributed by atoms with Crippen LogP contribution < -0.4 is 0 Å². The molecule has 3 atom stereocenters. The van der Waals surface area contributed by atoms with E-state index < -0.39 is 22.8 Å². The molecule has 5 nitrogen and oxygen atoms in total. The van der Waals surface area contributed by atoms with Gasteiger partial charge in [-0.3, -0.25) is 9.00 Å². The smallest absolute Gasteiger partial charge is 0.326 e. The van der Waals surface area contributed by atoms with E-state index in [-0.39, 0.29) is 24.0 Å². The SMILES string of the molecule is CS(=O)CC[C@@H](C(=O)O)N1CC(CCl)CC1=O. The Hall–Kier alpha value is -0.620. The van der Waals surface area contributed by atoms with Crippen LogP contribution in [0, 0.1) is 5.92 Å². The van der Waals surface area contributed by atoms with Gasteiger partial charge in [0.2, 0.25) is 5.91 Å². The summed E-state index contributed by atoms with van der Waals surface area (Å²) in [5, 5.41) is 9.10. The standard InChI is InChI=1S/C10H16ClNO4S/c1-17(16)3-2-8(10(14)15)12-6-7(5-11)4-9(12)13/h7-8H,2-6H2,1H3,(H,14,15)/t7?,8-,17?/m0/s1. The second-order valence-electron chi connectivity index (χ2n) is 4.19. The first-order chi connectivity index (χ1) is 7.95. The Bertz CT molecular complexity index is 336. The fraction of sp³-hybridized carbons (Fsp3) is 0.800. The Kier molecular flexibility index (Phi) is 5.39. The van der Waals surface area contributed by atoms with Crippen molar-refractivity contribution in [2.45, 2.75) is 18.9 Å². The van der Waals surface area contributed by atoms with Gasteiger partial charge < -0.3 is 10.0 Å². The number of halogens is 1. The molecule has 7 heteroatoms. The van der Waals surface area contributed by atoms with Crippen molar-refractivity contribution in [2.24, 2.45) is 5.92 Å². The molecule has 1 amide bonds. The van der Waals surface area contributed by atoms with Crippen LogP contribution in [-0.4, -0.2) is 56.6 Å². The van der Waals surface area contributed by atoms with Crippen molar-refractivity contribution in [3.8, 4) is 0 Å². The van der Waals surface area contributed by atoms with Crippen LogP contribution in [0.5, 0.6) is 0 Å². The van der Waals surface area contributed by atoms with E-state index in [1.165, 1.54) is 11.2 Å². The first-order valence-corrected chi connectivity index (χ1v) is 7.60. The second kappa shape index (κ2) is 6.35. The maximum Gasteiger partial charge on any atom is 0.326 e. The van der Waals surface area contributed by atoms with Crippen LogP contribution in [0.2, 0.25) is 0 Å². The number of hydrogen-bond acceptors (Lipinski definition) is 3. The van der Waals surface area contributed by atoms with Gasteiger partial charge in [0.25, 0.3) is 0 Å². The molecule has 1 heterocycles. The normalized spacial score (nSPS) is 23.8. The van der Waals surface area contributed by atoms with Crippen molar-refractivity contribution in [1.82, 2.24) is 4.90 Å². The van der Waals surface area contributed by atoms with Gasteiger partial charge in [0.1, 0.15) is 6.04 Å². The van der Waals surface area contributed by atoms with E-state index in [4.69, 9.17) is 16.7 Å². The van der Waals surface area contributed by atoms with E-state index >= 15 is 0 Å². The lowest BCUT2D eigenvalue weighted by atomic mass is 10.1. The summed E-state index contributed by atoms with van der Waals surface area (Å²) in [6, 6.07) is -0.875. The number of likely N-dealkylation sites (tertiary alicyclic amines) is 1. The summed E-state index contributed by atoms with van der Waals surface area (Å²) in [6.45, 7) is 0.385. The van der Waals surface area contributed by atoms with Crippen molar-refractivity contribution in [2.75, 3.05) is 24.4 Å². The van der Waals surface area contributed by atoms with Gasteiger partial charge >= 0.3 is 5.97 Å². The monoisotopic (exact) mass is 281 g/mol. The van der Waals surface area contributed by atoms with Crippen LogP contribution in [-0.2, 0) is 20.4 Å². The maximum atomic E-state index is 11.7. The molecule has 0 saturated carbocycles. The number of carboxylic acids is 1. The molecule has 1 aliphatic heterocycles. The predicted octanol–water partition coefficient (Wildman–Crippen LogP) is 0.296. The predicted molar refractivity (Wildman–Crippen MR) is 65.5 cm³/mol. The molecule has 0 aliphatic carbocycles. The number of rotatable bonds is 6. The minimum absolute atomic E-state index is 0.0261. The molecule has 1 fully saturated rings. The zero-order chi connectivity index (χ0) is 13.0. The Labute approximate surface area is 108 Å². The van der Waals surface area contributed by atoms with Gasteiger partial charge in [-0.15, -0.1) is 11.6 Å². The molecule has 1 rings (SSSR count). The van der Waals surface area contributed by atoms with Gasteiger partial charge in [0.05, 0.1) is 0 Å². The first kappa shape index (κ1) is 14.4. The zero-order valence-corrected chi connectivity index (χ0v) is 11.2. The van der Waals surface area contributed by atoms with Gasteiger partial charge in [-0.25, -0.2) is 4.79 Å². The summed E-state index contributed by atoms with van der Waals surface area (Å²) >= 11 is 5.68. The number of carboxylic acid groups (broad SMARTS) is 1. The third-order valence-corrected chi connectivity index (χ3v) is 4.04. The highest BCUT2D eigenvalue weighted by atomic mass is 35.5. The van der Waals surface area contributed by atoms with Crippen LogP contribution in [0.1, 0.15) is 12.8 Å². The topological polar surface area (TPSA) is 74.7 Å². The lowest BCUT2D eigenvalue weighted by Crippen LogP contribution is -2.43. The van der Waals surface area contributed by atoms with Crippen LogP contribution in [0.25, 0.3) is 0 Å². The highest BCUT2D eigenvalue weighted by Gasteiger charge is 2.37. The van der Waals surface area contributed by atoms with E-state index in [1.54, 1.807) is 0 Å². The van der Waals surface area contributed by atoms with Crippen molar-refractivity contribution < 1.29 is 18.9 Å². The molecule has 2 unspecified atom stereocenters. The largest absolute Gasteiger partial charge is 0.480 e. The van der Waals surface area contributed by atoms with Gasteiger partial charge in [0, 0.05) is 41.7 Å². The fourth-order valence-corrected chi connectivity index (χ4v) is 2.67. The fourth-order valence-electron chi connectivity index (χ4n) is 1.90. The summed E-state index contributed by atoms with van der Waals surface area (Å²) < 4.78 is 11.0. The Morgan fingerprint density at radius 2 is 2.35 bits per heavy atom. The minimum atomic E-state index is -1.05. The number of nitrogens with zero attached hydrogens (tertiary/aromatic N) is 1. The summed E-state index contributed by atoms with van der Waals surface area (Å²) in [6.07, 6.45) is 2.05. The molecule has 1 saturated heterocycles. The summed E-state index contributed by atoms with van der Waals surface area (Å²) in [5.41, 5.74) is 0. The maximum absolute atomic E-state index is 11.7. The molecular weight excluding hydrogens is 266 g/mol. The molecule has 98 valence electrons. The summed E-state index contributed by atoms with van der Waals surface area (Å²) in [5.74, 6) is -0.553. The van der Waals surface area contributed by atoms with Crippen LogP contribution in [0.4, 0.5) is 0 Å². The molecule has 0 aromatic rings. The third kappa shape index (κ3) is 3.96. The van der Waals surface area contributed by atoms with E-state index in [0.717, 1.165) is 0 Å². The van der Waals surface area contributed by atoms with Gasteiger partial charge in [0.15, 0.2) is 0 Å². The minimum Gasteiger partial charge on any atom is -0.480 e. The lowest BCUT2D eigenvalue weighted by Gasteiger charge is -2.24. The van der Waals surface area contributed by atoms with E-state index in [9.17, 15) is 13.8 Å². The lowest BCUT2D eigenvalue weighted by molar-refractivity contribution is -0.148. The average Bonchev–Trinajstić information content (AvgIpc) is 2.59. The number of amides is 1. The van der Waals surface area contributed by atoms with Crippen LogP contribution >= 0.6 is 11.6 Å². The molecular formula is C10H16ClNO4S. The molecule has 0 bridgehead atoms. The quantitative estimate of drug-likeness (QED) is 0.711. The van der Waals surface area contributed by atoms with E-state index in [2.05, 4.69) is 0 Å². The molecule has 0 radical (unpaired) electrons. The number of aliphatic carboxylic acids is 1. The third-order valence-electron chi connectivity index (χ3n) is 2.80. The van der Waals surface area contributed by atoms with Crippen LogP contribution in [0.3, 0.4) is 0 Å². The second-order valence-corrected chi connectivity index (χ2v) is 6.05. The van der Waals surface area contributed by atoms with E-state index in [1.807, 2.05) is 0 Å². The number of carbonyl (C=O) groups excluding carboxylic acids is 1. The van der Waals surface area contributed by atoms with Crippen molar-refractivity contribution >= 4 is 34.3 Å². The Morgan fingerprint density at radius 1 is 1.71 bits per heavy atom. The van der Waals surface area contributed by atoms with Crippen molar-refractivity contribution in [3.63, 3.8) is 0 Å². The van der Waals surface area contributed by atoms with Gasteiger partial charge in [-0.2, -0.15) is 0 Å². The highest BCUT2D eigenvalue weighted by molar-refractivity contribution is 7.84. The number of hydrogen-bond donors (Lipinski definition) is 1. The average molecular weight is 282 g/mol. The zero-order valence-electron chi connectivity index (χ0n) is 9.60. The molecule has 1 N–H and O–H groups in total. The molecule has 1 aliphatic rings. The van der Waals surface area contributed by atoms with Crippen molar-refractivity contribution in [1.29, 1.82) is 0 Å². The Morgan fingerprint density at radius 3 is 2.76 bits per heavy atom. The molecule has 0 aromatic carbocycles. The first-order valence-electron chi connectivity index (χ1n) is 5.34. The Balaban J connectivity index is 2.67.